The van der Waals surface area contributed by atoms with Crippen LogP contribution >= 0.6 is 0 Å². The van der Waals surface area contributed by atoms with Gasteiger partial charge in [0.2, 0.25) is 5.88 Å². The van der Waals surface area contributed by atoms with Gasteiger partial charge in [-0.05, 0) is 38.8 Å². The number of aromatic nitrogens is 2. The lowest BCUT2D eigenvalue weighted by molar-refractivity contribution is 0.0268. The van der Waals surface area contributed by atoms with E-state index in [1.165, 1.54) is 0 Å². The fourth-order valence-corrected chi connectivity index (χ4v) is 3.33. The van der Waals surface area contributed by atoms with Crippen molar-refractivity contribution in [2.24, 2.45) is 5.10 Å². The number of hydrogen-bond donors (Lipinski definition) is 3. The van der Waals surface area contributed by atoms with Gasteiger partial charge in [-0.15, -0.1) is 0 Å². The van der Waals surface area contributed by atoms with Gasteiger partial charge in [0.25, 0.3) is 0 Å². The van der Waals surface area contributed by atoms with Gasteiger partial charge in [0.15, 0.2) is 0 Å². The second-order valence-electron chi connectivity index (χ2n) is 8.29. The summed E-state index contributed by atoms with van der Waals surface area (Å²) in [6.07, 6.45) is 5.69. The summed E-state index contributed by atoms with van der Waals surface area (Å²) in [5, 5.41) is 15.5. The van der Waals surface area contributed by atoms with Crippen LogP contribution in [-0.2, 0) is 0 Å². The molecule has 0 fully saturated rings. The van der Waals surface area contributed by atoms with Crippen LogP contribution in [0.2, 0.25) is 0 Å². The number of benzene rings is 1. The lowest BCUT2D eigenvalue weighted by Crippen LogP contribution is -2.28. The van der Waals surface area contributed by atoms with E-state index in [0.29, 0.717) is 11.6 Å². The molecule has 0 spiro atoms. The molecule has 0 bridgehead atoms. The molecule has 0 radical (unpaired) electrons. The van der Waals surface area contributed by atoms with Gasteiger partial charge in [-0.25, -0.2) is 4.98 Å². The number of pyridine rings is 1. The minimum Gasteiger partial charge on any atom is -0.475 e. The Bertz CT molecular complexity index is 1000. The standard InChI is InChI=1S/C24H33N5O2/c1-5-11-29(12-6-2)19-13-18(27-23(14-19)31-17-24(3,4)30)15-26-28-22-16-25-21-10-8-7-9-20(21)22/h7-10,13-16,25,28,30H,5-6,11-12,17H2,1-4H3/b26-15+. The van der Waals surface area contributed by atoms with Crippen molar-refractivity contribution in [2.45, 2.75) is 46.1 Å². The minimum absolute atomic E-state index is 0.162. The lowest BCUT2D eigenvalue weighted by atomic mass is 10.2. The number of ether oxygens (including phenoxy) is 1. The summed E-state index contributed by atoms with van der Waals surface area (Å²) in [6, 6.07) is 12.0. The number of hydrazone groups is 1. The molecular formula is C24H33N5O2. The number of hydrogen-bond acceptors (Lipinski definition) is 6. The molecule has 3 N–H and O–H groups in total. The summed E-state index contributed by atoms with van der Waals surface area (Å²) in [5.41, 5.74) is 5.84. The number of fused-ring (bicyclic) bond motifs is 1. The smallest absolute Gasteiger partial charge is 0.216 e. The lowest BCUT2D eigenvalue weighted by Gasteiger charge is -2.25. The van der Waals surface area contributed by atoms with Crippen LogP contribution in [0.15, 0.2) is 47.7 Å². The molecule has 0 atom stereocenters. The number of anilines is 2. The van der Waals surface area contributed by atoms with Crippen molar-refractivity contribution >= 4 is 28.5 Å². The van der Waals surface area contributed by atoms with Crippen LogP contribution in [0.5, 0.6) is 5.88 Å². The van der Waals surface area contributed by atoms with Gasteiger partial charge in [0, 0.05) is 41.9 Å². The van der Waals surface area contributed by atoms with Crippen molar-refractivity contribution in [1.29, 1.82) is 0 Å². The van der Waals surface area contributed by atoms with E-state index in [1.807, 2.05) is 42.6 Å². The van der Waals surface area contributed by atoms with Crippen LogP contribution in [0, 0.1) is 0 Å². The highest BCUT2D eigenvalue weighted by Crippen LogP contribution is 2.24. The molecule has 2 heterocycles. The van der Waals surface area contributed by atoms with E-state index in [0.717, 1.165) is 48.2 Å². The van der Waals surface area contributed by atoms with Gasteiger partial charge in [-0.1, -0.05) is 32.0 Å². The fourth-order valence-electron chi connectivity index (χ4n) is 3.33. The topological polar surface area (TPSA) is 85.8 Å². The second-order valence-corrected chi connectivity index (χ2v) is 8.29. The third-order valence-corrected chi connectivity index (χ3v) is 4.70. The maximum absolute atomic E-state index is 10.0. The third-order valence-electron chi connectivity index (χ3n) is 4.70. The average molecular weight is 424 g/mol. The first-order chi connectivity index (χ1) is 14.9. The first-order valence-corrected chi connectivity index (χ1v) is 10.9. The number of aromatic amines is 1. The van der Waals surface area contributed by atoms with Crippen LogP contribution in [0.3, 0.4) is 0 Å². The van der Waals surface area contributed by atoms with Gasteiger partial charge in [-0.2, -0.15) is 5.10 Å². The SMILES string of the molecule is CCCN(CCC)c1cc(/C=N/Nc2c[nH]c3ccccc23)nc(OCC(C)(C)O)c1. The van der Waals surface area contributed by atoms with E-state index >= 15 is 0 Å². The highest BCUT2D eigenvalue weighted by Gasteiger charge is 2.15. The predicted molar refractivity (Wildman–Crippen MR) is 128 cm³/mol. The van der Waals surface area contributed by atoms with Crippen molar-refractivity contribution in [3.8, 4) is 5.88 Å². The minimum atomic E-state index is -0.935. The van der Waals surface area contributed by atoms with Gasteiger partial charge >= 0.3 is 0 Å². The summed E-state index contributed by atoms with van der Waals surface area (Å²) in [6.45, 7) is 9.83. The molecule has 7 nitrogen and oxygen atoms in total. The van der Waals surface area contributed by atoms with E-state index < -0.39 is 5.60 Å². The third kappa shape index (κ3) is 6.46. The molecule has 0 aliphatic heterocycles. The first kappa shape index (κ1) is 22.6. The highest BCUT2D eigenvalue weighted by molar-refractivity contribution is 5.92. The maximum Gasteiger partial charge on any atom is 0.216 e. The van der Waals surface area contributed by atoms with Crippen molar-refractivity contribution in [3.63, 3.8) is 0 Å². The van der Waals surface area contributed by atoms with Gasteiger partial charge < -0.3 is 19.7 Å². The zero-order chi connectivity index (χ0) is 22.3. The zero-order valence-corrected chi connectivity index (χ0v) is 18.9. The molecule has 1 aromatic carbocycles. The number of para-hydroxylation sites is 1. The molecule has 0 amide bonds. The maximum atomic E-state index is 10.0. The zero-order valence-electron chi connectivity index (χ0n) is 18.9. The van der Waals surface area contributed by atoms with E-state index in [2.05, 4.69) is 39.2 Å². The highest BCUT2D eigenvalue weighted by atomic mass is 16.5. The largest absolute Gasteiger partial charge is 0.475 e. The molecule has 3 aromatic rings. The first-order valence-electron chi connectivity index (χ1n) is 10.9. The number of nitrogens with one attached hydrogen (secondary N) is 2. The Labute approximate surface area is 184 Å². The average Bonchev–Trinajstić information content (AvgIpc) is 3.15. The molecule has 2 aromatic heterocycles. The summed E-state index contributed by atoms with van der Waals surface area (Å²) in [4.78, 5) is 10.1. The van der Waals surface area contributed by atoms with Gasteiger partial charge in [0.1, 0.15) is 6.61 Å². The van der Waals surface area contributed by atoms with Crippen LogP contribution in [0.1, 0.15) is 46.2 Å². The van der Waals surface area contributed by atoms with Crippen LogP contribution < -0.4 is 15.1 Å². The van der Waals surface area contributed by atoms with Crippen molar-refractivity contribution in [3.05, 3.63) is 48.3 Å². The Morgan fingerprint density at radius 1 is 1.19 bits per heavy atom. The Kier molecular flexibility index (Phi) is 7.52. The molecule has 0 aliphatic carbocycles. The quantitative estimate of drug-likeness (QED) is 0.305. The number of aliphatic hydroxyl groups is 1. The van der Waals surface area contributed by atoms with Crippen molar-refractivity contribution in [2.75, 3.05) is 30.0 Å². The Morgan fingerprint density at radius 3 is 2.65 bits per heavy atom. The van der Waals surface area contributed by atoms with Crippen LogP contribution in [0.4, 0.5) is 11.4 Å². The number of H-pyrrole nitrogens is 1. The summed E-state index contributed by atoms with van der Waals surface area (Å²) in [5.74, 6) is 0.477. The number of rotatable bonds is 11. The van der Waals surface area contributed by atoms with E-state index in [4.69, 9.17) is 4.74 Å². The Hall–Kier alpha value is -3.06. The summed E-state index contributed by atoms with van der Waals surface area (Å²) >= 11 is 0. The van der Waals surface area contributed by atoms with Gasteiger partial charge in [0.05, 0.1) is 23.2 Å². The molecule has 0 saturated heterocycles. The fraction of sp³-hybridized carbons (Fsp3) is 0.417. The molecule has 7 heteroatoms. The predicted octanol–water partition coefficient (Wildman–Crippen LogP) is 4.79. The van der Waals surface area contributed by atoms with Crippen molar-refractivity contribution < 1.29 is 9.84 Å². The molecule has 0 aliphatic rings. The number of nitrogens with zero attached hydrogens (tertiary/aromatic N) is 3. The monoisotopic (exact) mass is 423 g/mol. The summed E-state index contributed by atoms with van der Waals surface area (Å²) < 4.78 is 5.79. The molecular weight excluding hydrogens is 390 g/mol. The Morgan fingerprint density at radius 2 is 1.94 bits per heavy atom. The van der Waals surface area contributed by atoms with Crippen molar-refractivity contribution in [1.82, 2.24) is 9.97 Å². The van der Waals surface area contributed by atoms with E-state index in [1.54, 1.807) is 20.1 Å². The molecule has 0 saturated carbocycles. The second kappa shape index (κ2) is 10.3. The molecule has 3 rings (SSSR count). The summed E-state index contributed by atoms with van der Waals surface area (Å²) in [7, 11) is 0. The molecule has 31 heavy (non-hydrogen) atoms. The molecule has 166 valence electrons. The van der Waals surface area contributed by atoms with E-state index in [-0.39, 0.29) is 6.61 Å². The molecule has 0 unspecified atom stereocenters. The van der Waals surface area contributed by atoms with Crippen LogP contribution in [-0.4, -0.2) is 46.6 Å². The van der Waals surface area contributed by atoms with Gasteiger partial charge in [-0.3, -0.25) is 5.43 Å². The van der Waals surface area contributed by atoms with Crippen LogP contribution in [0.25, 0.3) is 10.9 Å². The normalized spacial score (nSPS) is 11.9. The van der Waals surface area contributed by atoms with E-state index in [9.17, 15) is 5.11 Å². The Balaban J connectivity index is 1.84.